The van der Waals surface area contributed by atoms with Crippen LogP contribution in [0, 0.1) is 6.92 Å². The van der Waals surface area contributed by atoms with Crippen molar-refractivity contribution in [3.05, 3.63) is 57.2 Å². The lowest BCUT2D eigenvalue weighted by atomic mass is 10.1. The van der Waals surface area contributed by atoms with Crippen LogP contribution < -0.4 is 5.32 Å². The van der Waals surface area contributed by atoms with Crippen LogP contribution in [0.1, 0.15) is 11.1 Å². The maximum absolute atomic E-state index is 5.84. The summed E-state index contributed by atoms with van der Waals surface area (Å²) in [5.41, 5.74) is 2.44. The second kappa shape index (κ2) is 6.21. The highest BCUT2D eigenvalue weighted by Gasteiger charge is 1.99. The normalized spacial score (nSPS) is 10.4. The van der Waals surface area contributed by atoms with E-state index in [0.717, 1.165) is 28.3 Å². The summed E-state index contributed by atoms with van der Waals surface area (Å²) in [6.07, 6.45) is 2.77. The van der Waals surface area contributed by atoms with Crippen LogP contribution in [0.25, 0.3) is 0 Å². The fraction of sp³-hybridized carbons (Fsp3) is 0.214. The maximum Gasteiger partial charge on any atom is 0.126 e. The molecule has 2 aromatic rings. The third-order valence-corrected chi connectivity index (χ3v) is 3.76. The quantitative estimate of drug-likeness (QED) is 0.897. The van der Waals surface area contributed by atoms with Crippen LogP contribution in [-0.4, -0.2) is 11.5 Å². The molecule has 94 valence electrons. The van der Waals surface area contributed by atoms with E-state index in [-0.39, 0.29) is 0 Å². The van der Waals surface area contributed by atoms with E-state index < -0.39 is 0 Å². The molecule has 0 atom stereocenters. The number of aromatic nitrogens is 1. The van der Waals surface area contributed by atoms with E-state index in [9.17, 15) is 0 Å². The average Bonchev–Trinajstić information content (AvgIpc) is 2.36. The van der Waals surface area contributed by atoms with Gasteiger partial charge in [0.1, 0.15) is 5.82 Å². The van der Waals surface area contributed by atoms with Crippen molar-refractivity contribution >= 4 is 33.3 Å². The second-order valence-electron chi connectivity index (χ2n) is 4.12. The van der Waals surface area contributed by atoms with Crippen LogP contribution in [0.4, 0.5) is 5.82 Å². The zero-order chi connectivity index (χ0) is 13.0. The van der Waals surface area contributed by atoms with Gasteiger partial charge in [-0.2, -0.15) is 0 Å². The zero-order valence-electron chi connectivity index (χ0n) is 10.1. The Bertz CT molecular complexity index is 526. The minimum Gasteiger partial charge on any atom is -0.370 e. The number of rotatable bonds is 4. The Kier molecular flexibility index (Phi) is 4.61. The fourth-order valence-electron chi connectivity index (χ4n) is 1.62. The lowest BCUT2D eigenvalue weighted by Crippen LogP contribution is -2.06. The van der Waals surface area contributed by atoms with Crippen molar-refractivity contribution in [3.8, 4) is 0 Å². The summed E-state index contributed by atoms with van der Waals surface area (Å²) in [5, 5.41) is 4.09. The van der Waals surface area contributed by atoms with Gasteiger partial charge in [-0.15, -0.1) is 0 Å². The minimum absolute atomic E-state index is 0.775. The third-order valence-electron chi connectivity index (χ3n) is 2.68. The number of aryl methyl sites for hydroxylation is 1. The predicted molar refractivity (Wildman–Crippen MR) is 80.3 cm³/mol. The Morgan fingerprint density at radius 3 is 2.67 bits per heavy atom. The van der Waals surface area contributed by atoms with Crippen molar-refractivity contribution in [1.29, 1.82) is 0 Å². The van der Waals surface area contributed by atoms with Gasteiger partial charge in [0.25, 0.3) is 0 Å². The molecule has 0 fully saturated rings. The fourth-order valence-corrected chi connectivity index (χ4v) is 1.96. The molecule has 1 heterocycles. The first kappa shape index (κ1) is 13.4. The van der Waals surface area contributed by atoms with Crippen LogP contribution in [0.2, 0.25) is 5.02 Å². The van der Waals surface area contributed by atoms with Crippen molar-refractivity contribution in [1.82, 2.24) is 4.98 Å². The van der Waals surface area contributed by atoms with Crippen LogP contribution in [0.15, 0.2) is 41.0 Å². The topological polar surface area (TPSA) is 24.9 Å². The number of hydrogen-bond acceptors (Lipinski definition) is 2. The summed E-state index contributed by atoms with van der Waals surface area (Å²) < 4.78 is 1.03. The molecular weight excluding hydrogens is 312 g/mol. The number of hydrogen-bond donors (Lipinski definition) is 1. The highest BCUT2D eigenvalue weighted by atomic mass is 79.9. The van der Waals surface area contributed by atoms with E-state index >= 15 is 0 Å². The van der Waals surface area contributed by atoms with Crippen molar-refractivity contribution in [3.63, 3.8) is 0 Å². The number of pyridine rings is 1. The maximum atomic E-state index is 5.84. The lowest BCUT2D eigenvalue weighted by Gasteiger charge is -2.07. The number of benzene rings is 1. The Morgan fingerprint density at radius 2 is 2.00 bits per heavy atom. The van der Waals surface area contributed by atoms with E-state index in [1.165, 1.54) is 11.1 Å². The third kappa shape index (κ3) is 3.72. The molecule has 2 rings (SSSR count). The van der Waals surface area contributed by atoms with Crippen LogP contribution in [0.5, 0.6) is 0 Å². The molecule has 1 N–H and O–H groups in total. The Hall–Kier alpha value is -1.06. The van der Waals surface area contributed by atoms with Gasteiger partial charge in [0, 0.05) is 22.2 Å². The van der Waals surface area contributed by atoms with Crippen molar-refractivity contribution in [2.75, 3.05) is 11.9 Å². The SMILES string of the molecule is Cc1cc(NCCc2ccc(Cl)cc2)ncc1Br. The Labute approximate surface area is 121 Å². The van der Waals surface area contributed by atoms with Gasteiger partial charge < -0.3 is 5.32 Å². The highest BCUT2D eigenvalue weighted by molar-refractivity contribution is 9.10. The molecular formula is C14H14BrClN2. The van der Waals surface area contributed by atoms with Crippen LogP contribution in [0.3, 0.4) is 0 Å². The molecule has 0 aliphatic rings. The van der Waals surface area contributed by atoms with Crippen molar-refractivity contribution in [2.24, 2.45) is 0 Å². The second-order valence-corrected chi connectivity index (χ2v) is 5.41. The number of nitrogens with one attached hydrogen (secondary N) is 1. The summed E-state index contributed by atoms with van der Waals surface area (Å²) in [6, 6.07) is 9.96. The molecule has 0 spiro atoms. The molecule has 1 aromatic heterocycles. The van der Waals surface area contributed by atoms with Gasteiger partial charge in [-0.05, 0) is 58.6 Å². The first-order valence-electron chi connectivity index (χ1n) is 5.75. The van der Waals surface area contributed by atoms with Gasteiger partial charge in [-0.1, -0.05) is 23.7 Å². The summed E-state index contributed by atoms with van der Waals surface area (Å²) in [4.78, 5) is 4.31. The molecule has 4 heteroatoms. The number of nitrogens with zero attached hydrogens (tertiary/aromatic N) is 1. The zero-order valence-corrected chi connectivity index (χ0v) is 12.4. The first-order chi connectivity index (χ1) is 8.65. The van der Waals surface area contributed by atoms with E-state index in [2.05, 4.69) is 33.2 Å². The van der Waals surface area contributed by atoms with Crippen molar-refractivity contribution in [2.45, 2.75) is 13.3 Å². The van der Waals surface area contributed by atoms with E-state index in [0.29, 0.717) is 0 Å². The summed E-state index contributed by atoms with van der Waals surface area (Å²) in [7, 11) is 0. The molecule has 18 heavy (non-hydrogen) atoms. The molecule has 0 bridgehead atoms. The van der Waals surface area contributed by atoms with Gasteiger partial charge >= 0.3 is 0 Å². The molecule has 0 unspecified atom stereocenters. The Morgan fingerprint density at radius 1 is 1.28 bits per heavy atom. The average molecular weight is 326 g/mol. The minimum atomic E-state index is 0.775. The lowest BCUT2D eigenvalue weighted by molar-refractivity contribution is 1.00. The highest BCUT2D eigenvalue weighted by Crippen LogP contribution is 2.17. The molecule has 0 aliphatic heterocycles. The summed E-state index contributed by atoms with van der Waals surface area (Å²) in [6.45, 7) is 2.91. The van der Waals surface area contributed by atoms with Gasteiger partial charge in [0.2, 0.25) is 0 Å². The summed E-state index contributed by atoms with van der Waals surface area (Å²) >= 11 is 9.28. The predicted octanol–water partition coefficient (Wildman–Crippen LogP) is 4.46. The summed E-state index contributed by atoms with van der Waals surface area (Å²) in [5.74, 6) is 0.907. The van der Waals surface area contributed by atoms with Crippen molar-refractivity contribution < 1.29 is 0 Å². The van der Waals surface area contributed by atoms with E-state index in [1.807, 2.05) is 36.5 Å². The van der Waals surface area contributed by atoms with E-state index in [1.54, 1.807) is 0 Å². The molecule has 2 nitrogen and oxygen atoms in total. The largest absolute Gasteiger partial charge is 0.370 e. The molecule has 0 amide bonds. The van der Waals surface area contributed by atoms with Gasteiger partial charge in [-0.3, -0.25) is 0 Å². The van der Waals surface area contributed by atoms with Gasteiger partial charge in [0.05, 0.1) is 0 Å². The van der Waals surface area contributed by atoms with Crippen LogP contribution in [-0.2, 0) is 6.42 Å². The first-order valence-corrected chi connectivity index (χ1v) is 6.93. The molecule has 1 aromatic carbocycles. The Balaban J connectivity index is 1.88. The smallest absolute Gasteiger partial charge is 0.126 e. The van der Waals surface area contributed by atoms with Gasteiger partial charge in [-0.25, -0.2) is 4.98 Å². The number of halogens is 2. The van der Waals surface area contributed by atoms with Gasteiger partial charge in [0.15, 0.2) is 0 Å². The molecule has 0 saturated carbocycles. The van der Waals surface area contributed by atoms with Crippen LogP contribution >= 0.6 is 27.5 Å². The molecule has 0 radical (unpaired) electrons. The monoisotopic (exact) mass is 324 g/mol. The number of anilines is 1. The van der Waals surface area contributed by atoms with E-state index in [4.69, 9.17) is 11.6 Å². The molecule has 0 saturated heterocycles. The standard InChI is InChI=1S/C14H14BrClN2/c1-10-8-14(18-9-13(10)15)17-7-6-11-2-4-12(16)5-3-11/h2-5,8-9H,6-7H2,1H3,(H,17,18). The molecule has 0 aliphatic carbocycles.